The summed E-state index contributed by atoms with van der Waals surface area (Å²) in [5, 5.41) is 0. The number of piperidine rings is 1. The molecule has 1 aliphatic rings. The van der Waals surface area contributed by atoms with E-state index in [1.54, 1.807) is 19.1 Å². The molecule has 5 heteroatoms. The van der Waals surface area contributed by atoms with Crippen LogP contribution in [-0.4, -0.2) is 29.9 Å². The van der Waals surface area contributed by atoms with Crippen molar-refractivity contribution in [3.8, 4) is 0 Å². The third-order valence-corrected chi connectivity index (χ3v) is 3.73. The number of halogens is 2. The van der Waals surface area contributed by atoms with Gasteiger partial charge in [0.05, 0.1) is 6.04 Å². The molecule has 0 radical (unpaired) electrons. The van der Waals surface area contributed by atoms with E-state index >= 15 is 0 Å². The van der Waals surface area contributed by atoms with Crippen LogP contribution in [0, 0.1) is 11.7 Å². The first-order valence-corrected chi connectivity index (χ1v) is 6.85. The van der Waals surface area contributed by atoms with Crippen LogP contribution in [0.2, 0.25) is 0 Å². The lowest BCUT2D eigenvalue weighted by Crippen LogP contribution is -2.46. The lowest BCUT2D eigenvalue weighted by molar-refractivity contribution is -0.133. The van der Waals surface area contributed by atoms with Crippen molar-refractivity contribution in [1.29, 1.82) is 0 Å². The summed E-state index contributed by atoms with van der Waals surface area (Å²) in [7, 11) is 0. The molecule has 0 aliphatic carbocycles. The predicted molar refractivity (Wildman–Crippen MR) is 80.3 cm³/mol. The number of hydrogen-bond acceptors (Lipinski definition) is 2. The number of rotatable bonds is 3. The lowest BCUT2D eigenvalue weighted by atomic mass is 9.90. The van der Waals surface area contributed by atoms with Gasteiger partial charge in [-0.3, -0.25) is 4.79 Å². The smallest absolute Gasteiger partial charge is 0.239 e. The van der Waals surface area contributed by atoms with E-state index in [0.29, 0.717) is 5.92 Å². The number of hydrogen-bond donors (Lipinski definition) is 1. The van der Waals surface area contributed by atoms with Crippen molar-refractivity contribution in [3.63, 3.8) is 0 Å². The second-order valence-electron chi connectivity index (χ2n) is 5.39. The molecule has 0 unspecified atom stereocenters. The maximum Gasteiger partial charge on any atom is 0.239 e. The van der Waals surface area contributed by atoms with Gasteiger partial charge in [-0.2, -0.15) is 0 Å². The Hall–Kier alpha value is -1.13. The average Bonchev–Trinajstić information content (AvgIpc) is 2.39. The van der Waals surface area contributed by atoms with Crippen molar-refractivity contribution in [2.75, 3.05) is 13.1 Å². The average molecular weight is 301 g/mol. The molecular formula is C15H22ClFN2O. The van der Waals surface area contributed by atoms with E-state index in [1.807, 2.05) is 11.0 Å². The molecule has 1 atom stereocenters. The maximum atomic E-state index is 13.1. The molecule has 3 nitrogen and oxygen atoms in total. The van der Waals surface area contributed by atoms with Crippen LogP contribution in [-0.2, 0) is 11.2 Å². The van der Waals surface area contributed by atoms with E-state index in [0.717, 1.165) is 37.9 Å². The molecule has 1 amide bonds. The molecule has 1 aromatic carbocycles. The Kier molecular flexibility index (Phi) is 6.43. The number of likely N-dealkylation sites (tertiary alicyclic amines) is 1. The summed E-state index contributed by atoms with van der Waals surface area (Å²) in [6, 6.07) is 6.36. The first-order chi connectivity index (χ1) is 9.06. The van der Waals surface area contributed by atoms with E-state index < -0.39 is 6.04 Å². The predicted octanol–water partition coefficient (Wildman–Crippen LogP) is 2.38. The SMILES string of the molecule is C[C@H](N)C(=O)N1CCC(Cc2cccc(F)c2)CC1.Cl. The summed E-state index contributed by atoms with van der Waals surface area (Å²) in [6.07, 6.45) is 2.82. The number of amides is 1. The fourth-order valence-corrected chi connectivity index (χ4v) is 2.64. The highest BCUT2D eigenvalue weighted by molar-refractivity contribution is 5.85. The Morgan fingerprint density at radius 1 is 1.45 bits per heavy atom. The normalized spacial score (nSPS) is 17.4. The Morgan fingerprint density at radius 3 is 2.65 bits per heavy atom. The van der Waals surface area contributed by atoms with Gasteiger partial charge in [0.2, 0.25) is 5.91 Å². The van der Waals surface area contributed by atoms with Crippen molar-refractivity contribution in [2.45, 2.75) is 32.2 Å². The van der Waals surface area contributed by atoms with Crippen LogP contribution in [0.4, 0.5) is 4.39 Å². The summed E-state index contributed by atoms with van der Waals surface area (Å²) in [4.78, 5) is 13.6. The van der Waals surface area contributed by atoms with Crippen molar-refractivity contribution >= 4 is 18.3 Å². The Labute approximate surface area is 125 Å². The molecule has 0 aromatic heterocycles. The van der Waals surface area contributed by atoms with Crippen LogP contribution in [0.15, 0.2) is 24.3 Å². The summed E-state index contributed by atoms with van der Waals surface area (Å²) >= 11 is 0. The summed E-state index contributed by atoms with van der Waals surface area (Å²) in [5.74, 6) is 0.380. The summed E-state index contributed by atoms with van der Waals surface area (Å²) in [6.45, 7) is 3.25. The van der Waals surface area contributed by atoms with Crippen molar-refractivity contribution in [2.24, 2.45) is 11.7 Å². The van der Waals surface area contributed by atoms with E-state index in [2.05, 4.69) is 0 Å². The fourth-order valence-electron chi connectivity index (χ4n) is 2.64. The monoisotopic (exact) mass is 300 g/mol. The molecule has 0 saturated carbocycles. The minimum atomic E-state index is -0.417. The van der Waals surface area contributed by atoms with E-state index in [4.69, 9.17) is 5.73 Å². The molecule has 1 aromatic rings. The molecule has 0 bridgehead atoms. The second kappa shape index (κ2) is 7.60. The van der Waals surface area contributed by atoms with Gasteiger partial charge in [0.1, 0.15) is 5.82 Å². The van der Waals surface area contributed by atoms with E-state index in [9.17, 15) is 9.18 Å². The van der Waals surface area contributed by atoms with Gasteiger partial charge in [-0.25, -0.2) is 4.39 Å². The van der Waals surface area contributed by atoms with Crippen LogP contribution >= 0.6 is 12.4 Å². The Bertz CT molecular complexity index is 445. The van der Waals surface area contributed by atoms with Gasteiger partial charge >= 0.3 is 0 Å². The molecule has 0 spiro atoms. The number of nitrogens with two attached hydrogens (primary N) is 1. The van der Waals surface area contributed by atoms with Crippen LogP contribution in [0.5, 0.6) is 0 Å². The molecule has 1 fully saturated rings. The summed E-state index contributed by atoms with van der Waals surface area (Å²) < 4.78 is 13.1. The van der Waals surface area contributed by atoms with E-state index in [1.165, 1.54) is 6.07 Å². The van der Waals surface area contributed by atoms with Gasteiger partial charge in [0.15, 0.2) is 0 Å². The Balaban J connectivity index is 0.00000200. The van der Waals surface area contributed by atoms with Crippen molar-refractivity contribution in [3.05, 3.63) is 35.6 Å². The molecule has 2 N–H and O–H groups in total. The third-order valence-electron chi connectivity index (χ3n) is 3.73. The van der Waals surface area contributed by atoms with Gasteiger partial charge in [-0.15, -0.1) is 12.4 Å². The van der Waals surface area contributed by atoms with E-state index in [-0.39, 0.29) is 24.1 Å². The van der Waals surface area contributed by atoms with Crippen molar-refractivity contribution in [1.82, 2.24) is 4.90 Å². The van der Waals surface area contributed by atoms with Gasteiger partial charge in [0.25, 0.3) is 0 Å². The highest BCUT2D eigenvalue weighted by atomic mass is 35.5. The maximum absolute atomic E-state index is 13.1. The minimum Gasteiger partial charge on any atom is -0.341 e. The molecule has 20 heavy (non-hydrogen) atoms. The molecule has 1 aliphatic heterocycles. The number of benzene rings is 1. The number of carbonyl (C=O) groups excluding carboxylic acids is 1. The first kappa shape index (κ1) is 16.9. The number of nitrogens with zero attached hydrogens (tertiary/aromatic N) is 1. The van der Waals surface area contributed by atoms with Crippen molar-refractivity contribution < 1.29 is 9.18 Å². The summed E-state index contributed by atoms with van der Waals surface area (Å²) in [5.41, 5.74) is 6.65. The number of carbonyl (C=O) groups is 1. The molecule has 1 saturated heterocycles. The van der Waals surface area contributed by atoms with Crippen LogP contribution in [0.25, 0.3) is 0 Å². The third kappa shape index (κ3) is 4.46. The van der Waals surface area contributed by atoms with Crippen LogP contribution in [0.1, 0.15) is 25.3 Å². The zero-order chi connectivity index (χ0) is 13.8. The molecule has 1 heterocycles. The van der Waals surface area contributed by atoms with Crippen LogP contribution < -0.4 is 5.73 Å². The molecular weight excluding hydrogens is 279 g/mol. The largest absolute Gasteiger partial charge is 0.341 e. The molecule has 2 rings (SSSR count). The Morgan fingerprint density at radius 2 is 2.10 bits per heavy atom. The zero-order valence-electron chi connectivity index (χ0n) is 11.7. The minimum absolute atomic E-state index is 0. The quantitative estimate of drug-likeness (QED) is 0.931. The fraction of sp³-hybridized carbons (Fsp3) is 0.533. The van der Waals surface area contributed by atoms with Gasteiger partial charge in [0, 0.05) is 13.1 Å². The van der Waals surface area contributed by atoms with Gasteiger partial charge in [-0.1, -0.05) is 12.1 Å². The standard InChI is InChI=1S/C15H21FN2O.ClH/c1-11(17)15(19)18-7-5-12(6-8-18)9-13-3-2-4-14(16)10-13;/h2-4,10-12H,5-9,17H2,1H3;1H/t11-;/m0./s1. The first-order valence-electron chi connectivity index (χ1n) is 6.85. The second-order valence-corrected chi connectivity index (χ2v) is 5.39. The van der Waals surface area contributed by atoms with Gasteiger partial charge < -0.3 is 10.6 Å². The van der Waals surface area contributed by atoms with Crippen LogP contribution in [0.3, 0.4) is 0 Å². The van der Waals surface area contributed by atoms with Gasteiger partial charge in [-0.05, 0) is 49.8 Å². The highest BCUT2D eigenvalue weighted by Gasteiger charge is 2.24. The highest BCUT2D eigenvalue weighted by Crippen LogP contribution is 2.22. The topological polar surface area (TPSA) is 46.3 Å². The molecule has 112 valence electrons. The lowest BCUT2D eigenvalue weighted by Gasteiger charge is -2.33. The zero-order valence-corrected chi connectivity index (χ0v) is 12.5.